The third-order valence-electron chi connectivity index (χ3n) is 1.58. The van der Waals surface area contributed by atoms with Gasteiger partial charge < -0.3 is 5.32 Å². The van der Waals surface area contributed by atoms with Crippen LogP contribution in [0.3, 0.4) is 0 Å². The second-order valence-corrected chi connectivity index (χ2v) is 2.37. The molecule has 0 unspecified atom stereocenters. The molecule has 0 aromatic carbocycles. The minimum Gasteiger partial charge on any atom is -0.353 e. The average Bonchev–Trinajstić information content (AvgIpc) is 2.19. The van der Waals surface area contributed by atoms with Crippen molar-refractivity contribution >= 4 is 5.91 Å². The van der Waals surface area contributed by atoms with Crippen molar-refractivity contribution in [2.45, 2.75) is 34.6 Å². The highest BCUT2D eigenvalue weighted by Gasteiger charge is 2.02. The first kappa shape index (κ1) is 14.5. The monoisotopic (exact) mass is 183 g/mol. The van der Waals surface area contributed by atoms with Crippen molar-refractivity contribution in [1.29, 1.82) is 0 Å². The van der Waals surface area contributed by atoms with E-state index in [0.29, 0.717) is 6.54 Å². The fourth-order valence-corrected chi connectivity index (χ4v) is 0.625. The number of rotatable bonds is 3. The van der Waals surface area contributed by atoms with Crippen molar-refractivity contribution in [1.82, 2.24) is 5.32 Å². The number of carbonyl (C=O) groups excluding carboxylic acids is 1. The molecule has 0 heterocycles. The van der Waals surface area contributed by atoms with Gasteiger partial charge in [0.05, 0.1) is 0 Å². The third-order valence-corrected chi connectivity index (χ3v) is 1.58. The number of amides is 1. The maximum absolute atomic E-state index is 11.1. The van der Waals surface area contributed by atoms with Crippen molar-refractivity contribution in [3.8, 4) is 0 Å². The number of hydrogen-bond donors (Lipinski definition) is 1. The van der Waals surface area contributed by atoms with E-state index in [-0.39, 0.29) is 5.91 Å². The van der Waals surface area contributed by atoms with E-state index in [2.05, 4.69) is 11.9 Å². The van der Waals surface area contributed by atoms with Crippen LogP contribution in [-0.4, -0.2) is 12.5 Å². The van der Waals surface area contributed by atoms with E-state index in [1.165, 1.54) is 0 Å². The highest BCUT2D eigenvalue weighted by molar-refractivity contribution is 5.93. The van der Waals surface area contributed by atoms with E-state index in [0.717, 1.165) is 11.1 Å². The Balaban J connectivity index is 0. The number of nitrogens with one attached hydrogen (secondary N) is 1. The quantitative estimate of drug-likeness (QED) is 0.529. The van der Waals surface area contributed by atoms with Crippen LogP contribution in [0.2, 0.25) is 0 Å². The van der Waals surface area contributed by atoms with Crippen LogP contribution in [0.4, 0.5) is 0 Å². The van der Waals surface area contributed by atoms with Crippen molar-refractivity contribution in [2.24, 2.45) is 0 Å². The Hall–Kier alpha value is -1.05. The Bertz CT molecular complexity index is 192. The highest BCUT2D eigenvalue weighted by Crippen LogP contribution is 2.03. The SMILES string of the molecule is C=C/C(C)=C(/C)C(=O)NCC.CC. The van der Waals surface area contributed by atoms with Crippen molar-refractivity contribution in [3.63, 3.8) is 0 Å². The van der Waals surface area contributed by atoms with Crippen LogP contribution in [-0.2, 0) is 4.79 Å². The summed E-state index contributed by atoms with van der Waals surface area (Å²) >= 11 is 0. The van der Waals surface area contributed by atoms with Gasteiger partial charge in [-0.05, 0) is 26.3 Å². The Morgan fingerprint density at radius 2 is 1.85 bits per heavy atom. The lowest BCUT2D eigenvalue weighted by Crippen LogP contribution is -2.23. The summed E-state index contributed by atoms with van der Waals surface area (Å²) in [5, 5.41) is 2.72. The molecule has 0 aromatic heterocycles. The smallest absolute Gasteiger partial charge is 0.247 e. The second kappa shape index (κ2) is 9.04. The Kier molecular flexibility index (Phi) is 10.1. The summed E-state index contributed by atoms with van der Waals surface area (Å²) in [6.07, 6.45) is 1.69. The predicted octanol–water partition coefficient (Wildman–Crippen LogP) is 2.67. The van der Waals surface area contributed by atoms with Gasteiger partial charge in [-0.3, -0.25) is 4.79 Å². The molecule has 0 rings (SSSR count). The number of carbonyl (C=O) groups is 1. The maximum Gasteiger partial charge on any atom is 0.247 e. The van der Waals surface area contributed by atoms with Crippen molar-refractivity contribution in [2.75, 3.05) is 6.54 Å². The minimum atomic E-state index is -0.00935. The van der Waals surface area contributed by atoms with Crippen LogP contribution in [0.1, 0.15) is 34.6 Å². The molecule has 1 N–H and O–H groups in total. The van der Waals surface area contributed by atoms with E-state index in [9.17, 15) is 4.79 Å². The Labute approximate surface area is 81.7 Å². The van der Waals surface area contributed by atoms with Gasteiger partial charge in [-0.15, -0.1) is 0 Å². The fourth-order valence-electron chi connectivity index (χ4n) is 0.625. The summed E-state index contributed by atoms with van der Waals surface area (Å²) in [4.78, 5) is 11.1. The first-order valence-electron chi connectivity index (χ1n) is 4.71. The van der Waals surface area contributed by atoms with E-state index in [4.69, 9.17) is 0 Å². The van der Waals surface area contributed by atoms with Gasteiger partial charge in [0.2, 0.25) is 5.91 Å². The number of hydrogen-bond acceptors (Lipinski definition) is 1. The predicted molar refractivity (Wildman–Crippen MR) is 58.6 cm³/mol. The molecule has 0 aliphatic carbocycles. The van der Waals surface area contributed by atoms with Gasteiger partial charge >= 0.3 is 0 Å². The summed E-state index contributed by atoms with van der Waals surface area (Å²) in [5.74, 6) is -0.00935. The zero-order valence-corrected chi connectivity index (χ0v) is 9.40. The Morgan fingerprint density at radius 1 is 1.38 bits per heavy atom. The van der Waals surface area contributed by atoms with Gasteiger partial charge in [0.15, 0.2) is 0 Å². The zero-order chi connectivity index (χ0) is 10.9. The standard InChI is InChI=1S/C9H15NO.C2H6/c1-5-7(3)8(4)9(11)10-6-2;1-2/h5H,1,6H2,2-4H3,(H,10,11);1-2H3/b8-7-;. The molecule has 0 saturated heterocycles. The molecule has 13 heavy (non-hydrogen) atoms. The van der Waals surface area contributed by atoms with Gasteiger partial charge in [0.25, 0.3) is 0 Å². The summed E-state index contributed by atoms with van der Waals surface area (Å²) < 4.78 is 0. The normalized spacial score (nSPS) is 10.5. The molecular weight excluding hydrogens is 162 g/mol. The van der Waals surface area contributed by atoms with Crippen molar-refractivity contribution in [3.05, 3.63) is 23.8 Å². The first-order valence-corrected chi connectivity index (χ1v) is 4.71. The van der Waals surface area contributed by atoms with Crippen LogP contribution >= 0.6 is 0 Å². The molecule has 0 bridgehead atoms. The van der Waals surface area contributed by atoms with E-state index >= 15 is 0 Å². The minimum absolute atomic E-state index is 0.00935. The lowest BCUT2D eigenvalue weighted by molar-refractivity contribution is -0.117. The molecule has 0 spiro atoms. The Morgan fingerprint density at radius 3 is 2.15 bits per heavy atom. The molecule has 0 fully saturated rings. The van der Waals surface area contributed by atoms with Gasteiger partial charge in [-0.25, -0.2) is 0 Å². The lowest BCUT2D eigenvalue weighted by Gasteiger charge is -2.03. The zero-order valence-electron chi connectivity index (χ0n) is 9.40. The molecule has 76 valence electrons. The lowest BCUT2D eigenvalue weighted by atomic mass is 10.1. The first-order chi connectivity index (χ1) is 6.13. The molecule has 2 nitrogen and oxygen atoms in total. The highest BCUT2D eigenvalue weighted by atomic mass is 16.1. The molecule has 0 aliphatic rings. The summed E-state index contributed by atoms with van der Waals surface area (Å²) in [6, 6.07) is 0. The van der Waals surface area contributed by atoms with Crippen molar-refractivity contribution < 1.29 is 4.79 Å². The third kappa shape index (κ3) is 6.14. The number of likely N-dealkylation sites (N-methyl/N-ethyl adjacent to an activating group) is 1. The van der Waals surface area contributed by atoms with Crippen LogP contribution in [0.15, 0.2) is 23.8 Å². The average molecular weight is 183 g/mol. The molecule has 0 atom stereocenters. The number of allylic oxidation sites excluding steroid dienone is 2. The van der Waals surface area contributed by atoms with E-state index < -0.39 is 0 Å². The molecule has 0 aliphatic heterocycles. The summed E-state index contributed by atoms with van der Waals surface area (Å²) in [5.41, 5.74) is 1.66. The topological polar surface area (TPSA) is 29.1 Å². The molecule has 0 saturated carbocycles. The van der Waals surface area contributed by atoms with Crippen LogP contribution in [0, 0.1) is 0 Å². The molecule has 0 radical (unpaired) electrons. The molecule has 2 heteroatoms. The summed E-state index contributed by atoms with van der Waals surface area (Å²) in [7, 11) is 0. The van der Waals surface area contributed by atoms with Crippen LogP contribution in [0.5, 0.6) is 0 Å². The molecule has 1 amide bonds. The summed E-state index contributed by atoms with van der Waals surface area (Å²) in [6.45, 7) is 13.8. The van der Waals surface area contributed by atoms with Crippen LogP contribution in [0.25, 0.3) is 0 Å². The largest absolute Gasteiger partial charge is 0.353 e. The van der Waals surface area contributed by atoms with E-state index in [1.54, 1.807) is 13.0 Å². The van der Waals surface area contributed by atoms with Gasteiger partial charge in [0, 0.05) is 12.1 Å². The molecular formula is C11H21NO. The fraction of sp³-hybridized carbons (Fsp3) is 0.545. The van der Waals surface area contributed by atoms with Crippen LogP contribution < -0.4 is 5.32 Å². The van der Waals surface area contributed by atoms with E-state index in [1.807, 2.05) is 27.7 Å². The maximum atomic E-state index is 11.1. The van der Waals surface area contributed by atoms with Gasteiger partial charge in [-0.2, -0.15) is 0 Å². The molecule has 0 aromatic rings. The van der Waals surface area contributed by atoms with Gasteiger partial charge in [-0.1, -0.05) is 26.5 Å². The second-order valence-electron chi connectivity index (χ2n) is 2.37. The van der Waals surface area contributed by atoms with Gasteiger partial charge in [0.1, 0.15) is 0 Å².